The number of nitrogens with zero attached hydrogens (tertiary/aromatic N) is 5. The van der Waals surface area contributed by atoms with Crippen molar-refractivity contribution in [3.05, 3.63) is 57.5 Å². The molecule has 154 valence electrons. The molecule has 0 spiro atoms. The molecule has 0 saturated heterocycles. The Morgan fingerprint density at radius 2 is 2.00 bits per heavy atom. The first-order chi connectivity index (χ1) is 14.4. The highest BCUT2D eigenvalue weighted by atomic mass is 35.5. The zero-order valence-corrected chi connectivity index (χ0v) is 16.9. The molecule has 11 heteroatoms. The Labute approximate surface area is 175 Å². The third kappa shape index (κ3) is 3.41. The Bertz CT molecular complexity index is 1290. The van der Waals surface area contributed by atoms with Gasteiger partial charge in [0.1, 0.15) is 17.7 Å². The summed E-state index contributed by atoms with van der Waals surface area (Å²) in [4.78, 5) is 11.7. The Balaban J connectivity index is 1.70. The van der Waals surface area contributed by atoms with Gasteiger partial charge in [-0.15, -0.1) is 5.10 Å². The van der Waals surface area contributed by atoms with Gasteiger partial charge in [-0.25, -0.2) is 14.7 Å². The van der Waals surface area contributed by atoms with Crippen LogP contribution in [0.4, 0.5) is 11.5 Å². The lowest BCUT2D eigenvalue weighted by Crippen LogP contribution is -2.43. The first-order valence-electron chi connectivity index (χ1n) is 9.10. The Hall–Kier alpha value is -3.66. The summed E-state index contributed by atoms with van der Waals surface area (Å²) in [5.74, 6) is -0.330. The summed E-state index contributed by atoms with van der Waals surface area (Å²) >= 11 is 5.95. The van der Waals surface area contributed by atoms with Gasteiger partial charge in [-0.3, -0.25) is 4.79 Å². The van der Waals surface area contributed by atoms with Crippen LogP contribution in [0.1, 0.15) is 12.6 Å². The van der Waals surface area contributed by atoms with Crippen molar-refractivity contribution in [3.63, 3.8) is 0 Å². The number of hydrogen-bond acceptors (Lipinski definition) is 7. The molecule has 0 aliphatic rings. The molecular weight excluding hydrogens is 412 g/mol. The smallest absolute Gasteiger partial charge is 0.352 e. The number of anilines is 2. The molecule has 2 aromatic carbocycles. The molecular formula is C19H17ClN6O4. The van der Waals surface area contributed by atoms with Crippen LogP contribution in [0.5, 0.6) is 0 Å². The standard InChI is InChI=1S/C19H17ClN6O4/c1-3-30-18(27)10-24-15-7-5-13(9-14(15)22-23-24)21-19-11(2)25(28)17-8-12(20)4-6-16(17)26(19)29/h4-9,21H,3,10H2,1-2H3. The number of ether oxygens (including phenoxy) is 1. The summed E-state index contributed by atoms with van der Waals surface area (Å²) in [7, 11) is 0. The Morgan fingerprint density at radius 3 is 2.77 bits per heavy atom. The van der Waals surface area contributed by atoms with Gasteiger partial charge in [0.05, 0.1) is 12.1 Å². The molecule has 0 fully saturated rings. The van der Waals surface area contributed by atoms with E-state index in [9.17, 15) is 15.2 Å². The summed E-state index contributed by atoms with van der Waals surface area (Å²) in [5, 5.41) is 36.8. The summed E-state index contributed by atoms with van der Waals surface area (Å²) in [6.07, 6.45) is 0. The molecule has 0 atom stereocenters. The zero-order chi connectivity index (χ0) is 21.4. The van der Waals surface area contributed by atoms with Crippen LogP contribution in [0.3, 0.4) is 0 Å². The normalized spacial score (nSPS) is 11.2. The minimum Gasteiger partial charge on any atom is -0.710 e. The van der Waals surface area contributed by atoms with Crippen LogP contribution >= 0.6 is 11.6 Å². The summed E-state index contributed by atoms with van der Waals surface area (Å²) < 4.78 is 7.67. The Kier molecular flexibility index (Phi) is 5.00. The minimum absolute atomic E-state index is 0.0554. The van der Waals surface area contributed by atoms with Crippen LogP contribution in [0.25, 0.3) is 22.1 Å². The van der Waals surface area contributed by atoms with E-state index in [4.69, 9.17) is 16.3 Å². The van der Waals surface area contributed by atoms with Crippen molar-refractivity contribution in [1.82, 2.24) is 15.0 Å². The number of carbonyl (C=O) groups is 1. The van der Waals surface area contributed by atoms with E-state index in [1.54, 1.807) is 31.2 Å². The van der Waals surface area contributed by atoms with Crippen molar-refractivity contribution in [2.24, 2.45) is 0 Å². The Morgan fingerprint density at radius 1 is 1.20 bits per heavy atom. The van der Waals surface area contributed by atoms with Gasteiger partial charge in [0.15, 0.2) is 0 Å². The van der Waals surface area contributed by atoms with Crippen molar-refractivity contribution in [1.29, 1.82) is 0 Å². The lowest BCUT2D eigenvalue weighted by Gasteiger charge is -2.14. The molecule has 2 heterocycles. The molecule has 0 aliphatic heterocycles. The fourth-order valence-corrected chi connectivity index (χ4v) is 3.32. The molecule has 2 aromatic heterocycles. The number of aromatic nitrogens is 5. The average Bonchev–Trinajstić information content (AvgIpc) is 3.11. The largest absolute Gasteiger partial charge is 0.710 e. The van der Waals surface area contributed by atoms with Gasteiger partial charge in [0.2, 0.25) is 5.52 Å². The maximum atomic E-state index is 12.8. The third-order valence-electron chi connectivity index (χ3n) is 4.59. The molecule has 0 aliphatic carbocycles. The SMILES string of the molecule is CCOC(=O)Cn1nnc2cc(Nc3c(C)[n+]([O-])c4cc(Cl)ccc4[n+]3[O-])ccc21. The molecule has 0 unspecified atom stereocenters. The van der Waals surface area contributed by atoms with E-state index >= 15 is 0 Å². The maximum absolute atomic E-state index is 12.8. The second-order valence-corrected chi connectivity index (χ2v) is 6.97. The van der Waals surface area contributed by atoms with Crippen LogP contribution in [0, 0.1) is 17.3 Å². The number of nitrogens with one attached hydrogen (secondary N) is 1. The van der Waals surface area contributed by atoms with Crippen molar-refractivity contribution in [2.75, 3.05) is 11.9 Å². The average molecular weight is 429 g/mol. The highest BCUT2D eigenvalue weighted by molar-refractivity contribution is 6.31. The second kappa shape index (κ2) is 7.64. The predicted molar refractivity (Wildman–Crippen MR) is 109 cm³/mol. The van der Waals surface area contributed by atoms with Crippen molar-refractivity contribution >= 4 is 51.1 Å². The lowest BCUT2D eigenvalue weighted by atomic mass is 10.2. The number of esters is 1. The van der Waals surface area contributed by atoms with Crippen LogP contribution in [-0.4, -0.2) is 27.6 Å². The van der Waals surface area contributed by atoms with Gasteiger partial charge in [-0.2, -0.15) is 4.73 Å². The van der Waals surface area contributed by atoms with Crippen molar-refractivity contribution in [2.45, 2.75) is 20.4 Å². The van der Waals surface area contributed by atoms with E-state index in [1.165, 1.54) is 23.7 Å². The van der Waals surface area contributed by atoms with Crippen molar-refractivity contribution in [3.8, 4) is 0 Å². The minimum atomic E-state index is -0.411. The van der Waals surface area contributed by atoms with Gasteiger partial charge >= 0.3 is 11.8 Å². The molecule has 0 amide bonds. The van der Waals surface area contributed by atoms with Gasteiger partial charge in [-0.05, 0) is 31.2 Å². The van der Waals surface area contributed by atoms with E-state index in [0.29, 0.717) is 31.2 Å². The first kappa shape index (κ1) is 19.6. The van der Waals surface area contributed by atoms with E-state index in [0.717, 1.165) is 0 Å². The van der Waals surface area contributed by atoms with E-state index in [1.807, 2.05) is 0 Å². The highest BCUT2D eigenvalue weighted by Crippen LogP contribution is 2.22. The lowest BCUT2D eigenvalue weighted by molar-refractivity contribution is -0.623. The van der Waals surface area contributed by atoms with Gasteiger partial charge in [0.25, 0.3) is 11.2 Å². The van der Waals surface area contributed by atoms with Crippen LogP contribution in [-0.2, 0) is 16.1 Å². The number of halogens is 1. The van der Waals surface area contributed by atoms with E-state index in [-0.39, 0.29) is 35.7 Å². The highest BCUT2D eigenvalue weighted by Gasteiger charge is 2.24. The van der Waals surface area contributed by atoms with Crippen LogP contribution in [0.15, 0.2) is 36.4 Å². The maximum Gasteiger partial charge on any atom is 0.352 e. The van der Waals surface area contributed by atoms with Crippen LogP contribution in [0.2, 0.25) is 5.02 Å². The molecule has 1 N–H and O–H groups in total. The number of benzene rings is 2. The number of carbonyl (C=O) groups excluding carboxylic acids is 1. The molecule has 0 saturated carbocycles. The van der Waals surface area contributed by atoms with Crippen molar-refractivity contribution < 1.29 is 19.0 Å². The summed E-state index contributed by atoms with van der Waals surface area (Å²) in [5.41, 5.74) is 2.23. The van der Waals surface area contributed by atoms with Gasteiger partial charge in [-0.1, -0.05) is 16.8 Å². The number of hydrogen-bond donors (Lipinski definition) is 1. The van der Waals surface area contributed by atoms with Gasteiger partial charge < -0.3 is 15.2 Å². The molecule has 4 aromatic rings. The molecule has 0 bridgehead atoms. The zero-order valence-electron chi connectivity index (χ0n) is 16.1. The first-order valence-corrected chi connectivity index (χ1v) is 9.47. The second-order valence-electron chi connectivity index (χ2n) is 6.54. The monoisotopic (exact) mass is 428 g/mol. The fraction of sp³-hybridized carbons (Fsp3) is 0.211. The summed E-state index contributed by atoms with van der Waals surface area (Å²) in [6, 6.07) is 9.58. The van der Waals surface area contributed by atoms with Crippen LogP contribution < -0.4 is 14.8 Å². The number of rotatable bonds is 5. The predicted octanol–water partition coefficient (Wildman–Crippen LogP) is 2.12. The van der Waals surface area contributed by atoms with Gasteiger partial charge in [0, 0.05) is 24.1 Å². The van der Waals surface area contributed by atoms with E-state index < -0.39 is 5.97 Å². The molecule has 4 rings (SSSR count). The number of fused-ring (bicyclic) bond motifs is 2. The topological polar surface area (TPSA) is 123 Å². The summed E-state index contributed by atoms with van der Waals surface area (Å²) in [6.45, 7) is 3.50. The molecule has 10 nitrogen and oxygen atoms in total. The van der Waals surface area contributed by atoms with E-state index in [2.05, 4.69) is 15.6 Å². The fourth-order valence-electron chi connectivity index (χ4n) is 3.15. The quantitative estimate of drug-likeness (QED) is 0.293. The molecule has 0 radical (unpaired) electrons. The molecule has 30 heavy (non-hydrogen) atoms. The third-order valence-corrected chi connectivity index (χ3v) is 4.82.